The molecule has 0 bridgehead atoms. The Morgan fingerprint density at radius 2 is 1.68 bits per heavy atom. The van der Waals surface area contributed by atoms with E-state index in [0.717, 1.165) is 11.5 Å². The van der Waals surface area contributed by atoms with Gasteiger partial charge < -0.3 is 10.1 Å². The molecule has 0 heterocycles. The average molecular weight is 358 g/mol. The summed E-state index contributed by atoms with van der Waals surface area (Å²) in [4.78, 5) is 13.1. The van der Waals surface area contributed by atoms with Gasteiger partial charge in [0.05, 0.1) is 0 Å². The summed E-state index contributed by atoms with van der Waals surface area (Å²) < 4.78 is 5.55. The first-order chi connectivity index (χ1) is 11.8. The summed E-state index contributed by atoms with van der Waals surface area (Å²) >= 11 is 1.73. The van der Waals surface area contributed by atoms with Crippen LogP contribution in [0, 0.1) is 6.92 Å². The predicted molar refractivity (Wildman–Crippen MR) is 106 cm³/mol. The quantitative estimate of drug-likeness (QED) is 0.582. The summed E-state index contributed by atoms with van der Waals surface area (Å²) in [6, 6.07) is 16.3. The Labute approximate surface area is 155 Å². The number of thioether (sulfide) groups is 1. The second-order valence-electron chi connectivity index (χ2n) is 7.07. The predicted octanol–water partition coefficient (Wildman–Crippen LogP) is 4.58. The maximum atomic E-state index is 11.9. The lowest BCUT2D eigenvalue weighted by molar-refractivity contribution is -0.122. The van der Waals surface area contributed by atoms with Gasteiger partial charge in [0.25, 0.3) is 5.91 Å². The Morgan fingerprint density at radius 3 is 2.28 bits per heavy atom. The highest BCUT2D eigenvalue weighted by Crippen LogP contribution is 2.24. The number of hydrogen-bond acceptors (Lipinski definition) is 3. The number of hydrogen-bond donors (Lipinski definition) is 1. The molecule has 2 aromatic rings. The van der Waals surface area contributed by atoms with Crippen molar-refractivity contribution in [3.05, 3.63) is 59.7 Å². The molecule has 0 spiro atoms. The highest BCUT2D eigenvalue weighted by molar-refractivity contribution is 7.99. The number of carbonyl (C=O) groups excluding carboxylic acids is 1. The van der Waals surface area contributed by atoms with E-state index in [1.165, 1.54) is 16.0 Å². The SMILES string of the molecule is Cc1ccc(SCCNC(=O)COc2ccc(C(C)(C)C)cc2)cc1. The standard InChI is InChI=1S/C21H27NO2S/c1-16-5-11-19(12-6-16)25-14-13-22-20(23)15-24-18-9-7-17(8-10-18)21(2,3)4/h5-12H,13-15H2,1-4H3,(H,22,23). The van der Waals surface area contributed by atoms with Crippen LogP contribution in [-0.2, 0) is 10.2 Å². The molecule has 2 rings (SSSR count). The second kappa shape index (κ2) is 8.95. The molecule has 2 aromatic carbocycles. The third kappa shape index (κ3) is 6.83. The Hall–Kier alpha value is -1.94. The Bertz CT molecular complexity index is 673. The van der Waals surface area contributed by atoms with Crippen molar-refractivity contribution in [3.8, 4) is 5.75 Å². The van der Waals surface area contributed by atoms with Crippen molar-refractivity contribution in [2.75, 3.05) is 18.9 Å². The normalized spacial score (nSPS) is 11.2. The summed E-state index contributed by atoms with van der Waals surface area (Å²) in [7, 11) is 0. The van der Waals surface area contributed by atoms with E-state index in [1.807, 2.05) is 24.3 Å². The maximum absolute atomic E-state index is 11.9. The summed E-state index contributed by atoms with van der Waals surface area (Å²) in [6.07, 6.45) is 0. The molecule has 0 saturated heterocycles. The van der Waals surface area contributed by atoms with E-state index in [9.17, 15) is 4.79 Å². The molecule has 0 radical (unpaired) electrons. The van der Waals surface area contributed by atoms with Gasteiger partial charge in [0.15, 0.2) is 6.61 Å². The molecule has 0 unspecified atom stereocenters. The van der Waals surface area contributed by atoms with E-state index in [-0.39, 0.29) is 17.9 Å². The second-order valence-corrected chi connectivity index (χ2v) is 8.24. The van der Waals surface area contributed by atoms with Gasteiger partial charge in [-0.2, -0.15) is 0 Å². The van der Waals surface area contributed by atoms with Crippen molar-refractivity contribution >= 4 is 17.7 Å². The van der Waals surface area contributed by atoms with Crippen LogP contribution in [0.4, 0.5) is 0 Å². The largest absolute Gasteiger partial charge is 0.484 e. The van der Waals surface area contributed by atoms with Crippen LogP contribution in [0.25, 0.3) is 0 Å². The first-order valence-corrected chi connectivity index (χ1v) is 9.53. The van der Waals surface area contributed by atoms with Gasteiger partial charge in [0.2, 0.25) is 0 Å². The molecule has 134 valence electrons. The number of carbonyl (C=O) groups is 1. The minimum absolute atomic E-state index is 0.0457. The molecule has 0 aliphatic heterocycles. The molecular formula is C21H27NO2S. The monoisotopic (exact) mass is 357 g/mol. The third-order valence-electron chi connectivity index (χ3n) is 3.80. The minimum Gasteiger partial charge on any atom is -0.484 e. The Balaban J connectivity index is 1.66. The molecule has 25 heavy (non-hydrogen) atoms. The van der Waals surface area contributed by atoms with Crippen molar-refractivity contribution in [3.63, 3.8) is 0 Å². The highest BCUT2D eigenvalue weighted by Gasteiger charge is 2.13. The van der Waals surface area contributed by atoms with Crippen LogP contribution < -0.4 is 10.1 Å². The smallest absolute Gasteiger partial charge is 0.257 e. The van der Waals surface area contributed by atoms with Gasteiger partial charge in [-0.1, -0.05) is 50.6 Å². The summed E-state index contributed by atoms with van der Waals surface area (Å²) in [5.41, 5.74) is 2.62. The third-order valence-corrected chi connectivity index (χ3v) is 4.82. The summed E-state index contributed by atoms with van der Waals surface area (Å²) in [5, 5.41) is 2.89. The summed E-state index contributed by atoms with van der Waals surface area (Å²) in [6.45, 7) is 9.26. The number of amides is 1. The first kappa shape index (κ1) is 19.4. The maximum Gasteiger partial charge on any atom is 0.257 e. The zero-order chi connectivity index (χ0) is 18.3. The zero-order valence-electron chi connectivity index (χ0n) is 15.5. The number of rotatable bonds is 7. The molecule has 0 aromatic heterocycles. The van der Waals surface area contributed by atoms with Gasteiger partial charge in [-0.05, 0) is 42.2 Å². The topological polar surface area (TPSA) is 38.3 Å². The van der Waals surface area contributed by atoms with Crippen molar-refractivity contribution in [1.82, 2.24) is 5.32 Å². The molecule has 1 N–H and O–H groups in total. The molecule has 3 nitrogen and oxygen atoms in total. The van der Waals surface area contributed by atoms with E-state index in [2.05, 4.69) is 57.3 Å². The fourth-order valence-corrected chi connectivity index (χ4v) is 3.01. The van der Waals surface area contributed by atoms with Gasteiger partial charge in [-0.15, -0.1) is 11.8 Å². The van der Waals surface area contributed by atoms with Crippen molar-refractivity contribution in [2.24, 2.45) is 0 Å². The Morgan fingerprint density at radius 1 is 1.04 bits per heavy atom. The van der Waals surface area contributed by atoms with Crippen LogP contribution >= 0.6 is 11.8 Å². The number of ether oxygens (including phenoxy) is 1. The van der Waals surface area contributed by atoms with Crippen LogP contribution in [0.1, 0.15) is 31.9 Å². The van der Waals surface area contributed by atoms with Crippen LogP contribution in [0.2, 0.25) is 0 Å². The van der Waals surface area contributed by atoms with Crippen LogP contribution in [0.15, 0.2) is 53.4 Å². The lowest BCUT2D eigenvalue weighted by Crippen LogP contribution is -2.30. The molecule has 0 saturated carbocycles. The lowest BCUT2D eigenvalue weighted by Gasteiger charge is -2.19. The molecule has 0 atom stereocenters. The van der Waals surface area contributed by atoms with Gasteiger partial charge in [-0.3, -0.25) is 4.79 Å². The number of aryl methyl sites for hydroxylation is 1. The number of nitrogens with one attached hydrogen (secondary N) is 1. The fourth-order valence-electron chi connectivity index (χ4n) is 2.24. The zero-order valence-corrected chi connectivity index (χ0v) is 16.3. The van der Waals surface area contributed by atoms with E-state index in [0.29, 0.717) is 6.54 Å². The molecule has 4 heteroatoms. The minimum atomic E-state index is -0.0931. The van der Waals surface area contributed by atoms with E-state index >= 15 is 0 Å². The highest BCUT2D eigenvalue weighted by atomic mass is 32.2. The average Bonchev–Trinajstić information content (AvgIpc) is 2.58. The van der Waals surface area contributed by atoms with E-state index in [1.54, 1.807) is 11.8 Å². The molecule has 1 amide bonds. The summed E-state index contributed by atoms with van der Waals surface area (Å²) in [5.74, 6) is 1.47. The Kier molecular flexibility index (Phi) is 6.94. The molecular weight excluding hydrogens is 330 g/mol. The van der Waals surface area contributed by atoms with Crippen LogP contribution in [-0.4, -0.2) is 24.8 Å². The van der Waals surface area contributed by atoms with E-state index < -0.39 is 0 Å². The molecule has 0 fully saturated rings. The molecule has 0 aliphatic carbocycles. The van der Waals surface area contributed by atoms with Crippen molar-refractivity contribution < 1.29 is 9.53 Å². The van der Waals surface area contributed by atoms with E-state index in [4.69, 9.17) is 4.74 Å². The molecule has 0 aliphatic rings. The number of benzene rings is 2. The van der Waals surface area contributed by atoms with Gasteiger partial charge >= 0.3 is 0 Å². The van der Waals surface area contributed by atoms with Crippen molar-refractivity contribution in [2.45, 2.75) is 38.0 Å². The van der Waals surface area contributed by atoms with Gasteiger partial charge in [0, 0.05) is 17.2 Å². The van der Waals surface area contributed by atoms with Crippen molar-refractivity contribution in [1.29, 1.82) is 0 Å². The fraction of sp³-hybridized carbons (Fsp3) is 0.381. The van der Waals surface area contributed by atoms with Crippen LogP contribution in [0.5, 0.6) is 5.75 Å². The lowest BCUT2D eigenvalue weighted by atomic mass is 9.87. The van der Waals surface area contributed by atoms with Gasteiger partial charge in [-0.25, -0.2) is 0 Å². The first-order valence-electron chi connectivity index (χ1n) is 8.54. The van der Waals surface area contributed by atoms with Gasteiger partial charge in [0.1, 0.15) is 5.75 Å². The van der Waals surface area contributed by atoms with Crippen LogP contribution in [0.3, 0.4) is 0 Å².